The average molecular weight is 411 g/mol. The van der Waals surface area contributed by atoms with Crippen molar-refractivity contribution in [1.29, 1.82) is 0 Å². The number of nitrogens with zero attached hydrogens (tertiary/aromatic N) is 2. The fourth-order valence-electron chi connectivity index (χ4n) is 3.80. The van der Waals surface area contributed by atoms with Crippen LogP contribution in [0.3, 0.4) is 0 Å². The van der Waals surface area contributed by atoms with Gasteiger partial charge in [-0.25, -0.2) is 0 Å². The highest BCUT2D eigenvalue weighted by molar-refractivity contribution is 6.00. The third kappa shape index (κ3) is 5.27. The van der Waals surface area contributed by atoms with Gasteiger partial charge in [0, 0.05) is 37.7 Å². The number of likely N-dealkylation sites (tertiary alicyclic amines) is 1. The van der Waals surface area contributed by atoms with Crippen LogP contribution in [0.5, 0.6) is 0 Å². The molecule has 29 heavy (non-hydrogen) atoms. The highest BCUT2D eigenvalue weighted by atomic mass is 19.4. The van der Waals surface area contributed by atoms with Crippen LogP contribution in [0.25, 0.3) is 0 Å². The Morgan fingerprint density at radius 2 is 1.72 bits per heavy atom. The number of amides is 3. The van der Waals surface area contributed by atoms with Gasteiger partial charge in [-0.05, 0) is 31.9 Å². The lowest BCUT2D eigenvalue weighted by Gasteiger charge is -2.33. The van der Waals surface area contributed by atoms with Gasteiger partial charge in [-0.3, -0.25) is 14.4 Å². The molecule has 3 amide bonds. The number of alkyl halides is 3. The first-order chi connectivity index (χ1) is 13.6. The summed E-state index contributed by atoms with van der Waals surface area (Å²) in [6.45, 7) is 1.53. The van der Waals surface area contributed by atoms with Crippen molar-refractivity contribution in [3.8, 4) is 0 Å². The molecule has 3 rings (SSSR count). The number of halogens is 3. The summed E-state index contributed by atoms with van der Waals surface area (Å²) in [5.41, 5.74) is 1.84. The predicted molar refractivity (Wildman–Crippen MR) is 100 cm³/mol. The van der Waals surface area contributed by atoms with E-state index in [0.29, 0.717) is 32.5 Å². The van der Waals surface area contributed by atoms with Gasteiger partial charge in [-0.15, -0.1) is 0 Å². The fourth-order valence-corrected chi connectivity index (χ4v) is 3.80. The van der Waals surface area contributed by atoms with Crippen LogP contribution in [-0.4, -0.2) is 55.0 Å². The van der Waals surface area contributed by atoms with Crippen LogP contribution in [0.4, 0.5) is 18.9 Å². The summed E-state index contributed by atoms with van der Waals surface area (Å²) in [5.74, 6) is -1.85. The number of hydrogen-bond acceptors (Lipinski definition) is 3. The largest absolute Gasteiger partial charge is 0.405 e. The minimum Gasteiger partial charge on any atom is -0.347 e. The van der Waals surface area contributed by atoms with Gasteiger partial charge < -0.3 is 15.1 Å². The molecule has 0 spiro atoms. The van der Waals surface area contributed by atoms with Crippen molar-refractivity contribution in [2.45, 2.75) is 32.4 Å². The van der Waals surface area contributed by atoms with Crippen molar-refractivity contribution in [2.75, 3.05) is 31.1 Å². The van der Waals surface area contributed by atoms with Crippen molar-refractivity contribution in [1.82, 2.24) is 10.2 Å². The normalized spacial score (nSPS) is 20.8. The van der Waals surface area contributed by atoms with E-state index >= 15 is 0 Å². The Bertz CT molecular complexity index is 771. The predicted octanol–water partition coefficient (Wildman–Crippen LogP) is 2.27. The highest BCUT2D eigenvalue weighted by Crippen LogP contribution is 2.28. The number of rotatable bonds is 4. The number of carbonyl (C=O) groups excluding carboxylic acids is 3. The Morgan fingerprint density at radius 1 is 1.10 bits per heavy atom. The molecular weight excluding hydrogens is 387 g/mol. The lowest BCUT2D eigenvalue weighted by Crippen LogP contribution is -2.46. The molecule has 2 aliphatic rings. The van der Waals surface area contributed by atoms with Crippen LogP contribution in [0.2, 0.25) is 0 Å². The van der Waals surface area contributed by atoms with E-state index in [1.54, 1.807) is 9.80 Å². The molecule has 158 valence electrons. The summed E-state index contributed by atoms with van der Waals surface area (Å²) in [6.07, 6.45) is -3.67. The first kappa shape index (κ1) is 21.1. The Morgan fingerprint density at radius 3 is 2.31 bits per heavy atom. The Labute approximate surface area is 167 Å². The SMILES string of the molecule is Cc1ccc(N2CC(C(=O)N3CCC(C(=O)NCC(F)(F)F)CC3)CC2=O)cc1. The monoisotopic (exact) mass is 411 g/mol. The summed E-state index contributed by atoms with van der Waals surface area (Å²) in [7, 11) is 0. The van der Waals surface area contributed by atoms with E-state index in [1.807, 2.05) is 36.5 Å². The molecule has 6 nitrogen and oxygen atoms in total. The second kappa shape index (κ2) is 8.42. The molecule has 2 aliphatic heterocycles. The van der Waals surface area contributed by atoms with Crippen LogP contribution >= 0.6 is 0 Å². The second-order valence-electron chi connectivity index (χ2n) is 7.67. The molecule has 0 aliphatic carbocycles. The van der Waals surface area contributed by atoms with Crippen LogP contribution in [-0.2, 0) is 14.4 Å². The molecule has 2 fully saturated rings. The summed E-state index contributed by atoms with van der Waals surface area (Å²) in [4.78, 5) is 40.3. The number of benzene rings is 1. The van der Waals surface area contributed by atoms with Crippen LogP contribution < -0.4 is 10.2 Å². The van der Waals surface area contributed by atoms with Gasteiger partial charge in [0.05, 0.1) is 5.92 Å². The summed E-state index contributed by atoms with van der Waals surface area (Å²) in [6, 6.07) is 7.52. The Kier molecular flexibility index (Phi) is 6.14. The molecule has 2 saturated heterocycles. The molecule has 1 aromatic rings. The molecule has 1 atom stereocenters. The molecule has 9 heteroatoms. The van der Waals surface area contributed by atoms with Crippen molar-refractivity contribution in [2.24, 2.45) is 11.8 Å². The average Bonchev–Trinajstić information content (AvgIpc) is 3.07. The van der Waals surface area contributed by atoms with Gasteiger partial charge in [0.25, 0.3) is 0 Å². The summed E-state index contributed by atoms with van der Waals surface area (Å²) in [5, 5.41) is 1.91. The molecule has 1 aromatic carbocycles. The molecule has 0 aromatic heterocycles. The van der Waals surface area contributed by atoms with Gasteiger partial charge in [-0.2, -0.15) is 13.2 Å². The van der Waals surface area contributed by atoms with Crippen molar-refractivity contribution in [3.63, 3.8) is 0 Å². The zero-order valence-corrected chi connectivity index (χ0v) is 16.2. The number of nitrogens with one attached hydrogen (secondary N) is 1. The summed E-state index contributed by atoms with van der Waals surface area (Å²) < 4.78 is 36.7. The van der Waals surface area contributed by atoms with Crippen molar-refractivity contribution in [3.05, 3.63) is 29.8 Å². The molecule has 0 bridgehead atoms. The third-order valence-corrected chi connectivity index (χ3v) is 5.46. The van der Waals surface area contributed by atoms with Crippen LogP contribution in [0.1, 0.15) is 24.8 Å². The standard InChI is InChI=1S/C20H24F3N3O3/c1-13-2-4-16(5-3-13)26-11-15(10-17(26)27)19(29)25-8-6-14(7-9-25)18(28)24-12-20(21,22)23/h2-5,14-15H,6-12H2,1H3,(H,24,28). The van der Waals surface area contributed by atoms with Crippen LogP contribution in [0.15, 0.2) is 24.3 Å². The maximum Gasteiger partial charge on any atom is 0.405 e. The number of carbonyl (C=O) groups is 3. The van der Waals surface area contributed by atoms with Gasteiger partial charge in [-0.1, -0.05) is 17.7 Å². The zero-order chi connectivity index (χ0) is 21.2. The van der Waals surface area contributed by atoms with E-state index in [1.165, 1.54) is 0 Å². The lowest BCUT2D eigenvalue weighted by atomic mass is 9.94. The number of piperidine rings is 1. The van der Waals surface area contributed by atoms with E-state index in [-0.39, 0.29) is 18.2 Å². The van der Waals surface area contributed by atoms with Crippen LogP contribution in [0, 0.1) is 18.8 Å². The highest BCUT2D eigenvalue weighted by Gasteiger charge is 2.39. The quantitative estimate of drug-likeness (QED) is 0.827. The van der Waals surface area contributed by atoms with Crippen molar-refractivity contribution >= 4 is 23.4 Å². The third-order valence-electron chi connectivity index (χ3n) is 5.46. The Hall–Kier alpha value is -2.58. The van der Waals surface area contributed by atoms with Gasteiger partial charge in [0.15, 0.2) is 0 Å². The smallest absolute Gasteiger partial charge is 0.347 e. The molecule has 1 unspecified atom stereocenters. The first-order valence-electron chi connectivity index (χ1n) is 9.64. The minimum absolute atomic E-state index is 0.103. The maximum absolute atomic E-state index is 12.8. The molecule has 0 radical (unpaired) electrons. The lowest BCUT2D eigenvalue weighted by molar-refractivity contribution is -0.143. The molecule has 0 saturated carbocycles. The van der Waals surface area contributed by atoms with E-state index < -0.39 is 30.5 Å². The van der Waals surface area contributed by atoms with E-state index in [0.717, 1.165) is 11.3 Å². The molecule has 1 N–H and O–H groups in total. The van der Waals surface area contributed by atoms with Crippen molar-refractivity contribution < 1.29 is 27.6 Å². The van der Waals surface area contributed by atoms with E-state index in [9.17, 15) is 27.6 Å². The van der Waals surface area contributed by atoms with Gasteiger partial charge in [0.1, 0.15) is 6.54 Å². The van der Waals surface area contributed by atoms with E-state index in [2.05, 4.69) is 0 Å². The van der Waals surface area contributed by atoms with Gasteiger partial charge in [0.2, 0.25) is 17.7 Å². The maximum atomic E-state index is 12.8. The topological polar surface area (TPSA) is 69.7 Å². The van der Waals surface area contributed by atoms with E-state index in [4.69, 9.17) is 0 Å². The molecule has 2 heterocycles. The molecular formula is C20H24F3N3O3. The van der Waals surface area contributed by atoms with Gasteiger partial charge >= 0.3 is 6.18 Å². The fraction of sp³-hybridized carbons (Fsp3) is 0.550. The Balaban J connectivity index is 1.51. The second-order valence-corrected chi connectivity index (χ2v) is 7.67. The number of anilines is 1. The number of aryl methyl sites for hydroxylation is 1. The minimum atomic E-state index is -4.44. The summed E-state index contributed by atoms with van der Waals surface area (Å²) >= 11 is 0. The number of hydrogen-bond donors (Lipinski definition) is 1. The first-order valence-corrected chi connectivity index (χ1v) is 9.64. The zero-order valence-electron chi connectivity index (χ0n) is 16.2.